The normalized spacial score (nSPS) is 10.8. The fourth-order valence-electron chi connectivity index (χ4n) is 3.67. The number of ether oxygens (including phenoxy) is 2. The van der Waals surface area contributed by atoms with E-state index in [4.69, 9.17) is 14.0 Å². The molecule has 0 aliphatic rings. The van der Waals surface area contributed by atoms with Gasteiger partial charge in [0, 0.05) is 11.6 Å². The third-order valence-corrected chi connectivity index (χ3v) is 5.61. The second-order valence-electron chi connectivity index (χ2n) is 7.73. The minimum Gasteiger partial charge on any atom is -0.493 e. The van der Waals surface area contributed by atoms with Gasteiger partial charge in [0.05, 0.1) is 37.8 Å². The number of nitrogens with zero attached hydrogens (tertiary/aromatic N) is 3. The van der Waals surface area contributed by atoms with Gasteiger partial charge < -0.3 is 19.3 Å². The van der Waals surface area contributed by atoms with E-state index in [0.717, 1.165) is 17.0 Å². The van der Waals surface area contributed by atoms with Crippen LogP contribution in [0.3, 0.4) is 0 Å². The van der Waals surface area contributed by atoms with Gasteiger partial charge in [0.15, 0.2) is 23.0 Å². The summed E-state index contributed by atoms with van der Waals surface area (Å²) in [6, 6.07) is 15.1. The Morgan fingerprint density at radius 2 is 1.79 bits per heavy atom. The summed E-state index contributed by atoms with van der Waals surface area (Å²) in [7, 11) is 3.13. The topological polar surface area (TPSA) is 91.4 Å². The van der Waals surface area contributed by atoms with Crippen molar-refractivity contribution < 1.29 is 18.8 Å². The third-order valence-electron chi connectivity index (χ3n) is 5.61. The monoisotopic (exact) mass is 446 g/mol. The Balaban J connectivity index is 1.53. The average molecular weight is 447 g/mol. The van der Waals surface area contributed by atoms with Gasteiger partial charge in [-0.15, -0.1) is 0 Å². The number of methoxy groups -OCH3 is 2. The smallest absolute Gasteiger partial charge is 0.277 e. The summed E-state index contributed by atoms with van der Waals surface area (Å²) in [6.45, 7) is 6.51. The predicted octanol–water partition coefficient (Wildman–Crippen LogP) is 4.78. The zero-order valence-corrected chi connectivity index (χ0v) is 19.3. The lowest BCUT2D eigenvalue weighted by molar-refractivity contribution is 0.101. The molecular formula is C25H26N4O4. The van der Waals surface area contributed by atoms with Crippen molar-refractivity contribution in [1.82, 2.24) is 14.9 Å². The summed E-state index contributed by atoms with van der Waals surface area (Å²) in [6.07, 6.45) is 0. The summed E-state index contributed by atoms with van der Waals surface area (Å²) in [5, 5.41) is 11.5. The first-order valence-corrected chi connectivity index (χ1v) is 10.5. The first-order chi connectivity index (χ1) is 15.9. The minimum absolute atomic E-state index is 0.172. The molecule has 0 saturated carbocycles. The molecule has 8 heteroatoms. The van der Waals surface area contributed by atoms with Gasteiger partial charge in [-0.05, 0) is 50.1 Å². The largest absolute Gasteiger partial charge is 0.493 e. The molecule has 170 valence electrons. The van der Waals surface area contributed by atoms with Gasteiger partial charge >= 0.3 is 0 Å². The highest BCUT2D eigenvalue weighted by molar-refractivity contribution is 6.04. The molecule has 1 amide bonds. The fourth-order valence-corrected chi connectivity index (χ4v) is 3.67. The number of hydrogen-bond acceptors (Lipinski definition) is 6. The van der Waals surface area contributed by atoms with Gasteiger partial charge in [-0.1, -0.05) is 29.4 Å². The number of anilines is 1. The van der Waals surface area contributed by atoms with Crippen LogP contribution < -0.4 is 14.8 Å². The predicted molar refractivity (Wildman–Crippen MR) is 125 cm³/mol. The van der Waals surface area contributed by atoms with Gasteiger partial charge in [-0.25, -0.2) is 0 Å². The molecule has 4 aromatic rings. The number of benzene rings is 2. The van der Waals surface area contributed by atoms with E-state index in [2.05, 4.69) is 34.6 Å². The Hall–Kier alpha value is -4.07. The van der Waals surface area contributed by atoms with E-state index in [9.17, 15) is 4.79 Å². The maximum Gasteiger partial charge on any atom is 0.277 e. The molecule has 0 spiro atoms. The summed E-state index contributed by atoms with van der Waals surface area (Å²) >= 11 is 0. The van der Waals surface area contributed by atoms with Gasteiger partial charge in [-0.2, -0.15) is 5.10 Å². The molecule has 4 rings (SSSR count). The highest BCUT2D eigenvalue weighted by atomic mass is 16.5. The Morgan fingerprint density at radius 1 is 1.03 bits per heavy atom. The second kappa shape index (κ2) is 9.20. The highest BCUT2D eigenvalue weighted by Gasteiger charge is 2.19. The number of nitrogens with one attached hydrogen (secondary N) is 1. The van der Waals surface area contributed by atoms with Gasteiger partial charge in [0.1, 0.15) is 0 Å². The molecule has 0 radical (unpaired) electrons. The first kappa shape index (κ1) is 22.1. The lowest BCUT2D eigenvalue weighted by Crippen LogP contribution is -2.13. The standard InChI is InChI=1S/C25H26N4O4/c1-15-8-6-7-9-19(15)14-29-17(3)24(16(2)27-29)26-25(30)20-13-22(33-28-20)18-10-11-21(31-4)23(12-18)32-5/h6-13H,14H2,1-5H3,(H,26,30). The maximum atomic E-state index is 12.9. The van der Waals surface area contributed by atoms with Gasteiger partial charge in [0.25, 0.3) is 5.91 Å². The number of aryl methyl sites for hydroxylation is 2. The number of aromatic nitrogens is 3. The Morgan fingerprint density at radius 3 is 2.52 bits per heavy atom. The second-order valence-corrected chi connectivity index (χ2v) is 7.73. The molecule has 1 N–H and O–H groups in total. The molecule has 2 heterocycles. The molecule has 0 fully saturated rings. The van der Waals surface area contributed by atoms with Crippen molar-refractivity contribution in [3.05, 3.63) is 76.7 Å². The minimum atomic E-state index is -0.368. The molecular weight excluding hydrogens is 420 g/mol. The molecule has 0 aliphatic carbocycles. The third kappa shape index (κ3) is 4.45. The number of carbonyl (C=O) groups is 1. The van der Waals surface area contributed by atoms with Crippen LogP contribution in [-0.4, -0.2) is 35.1 Å². The van der Waals surface area contributed by atoms with Gasteiger partial charge in [0.2, 0.25) is 0 Å². The van der Waals surface area contributed by atoms with Crippen molar-refractivity contribution in [2.24, 2.45) is 0 Å². The Kier molecular flexibility index (Phi) is 6.17. The van der Waals surface area contributed by atoms with Crippen LogP contribution in [-0.2, 0) is 6.54 Å². The summed E-state index contributed by atoms with van der Waals surface area (Å²) in [5.74, 6) is 1.24. The molecule has 2 aromatic carbocycles. The summed E-state index contributed by atoms with van der Waals surface area (Å²) in [4.78, 5) is 12.9. The van der Waals surface area contributed by atoms with Crippen molar-refractivity contribution in [3.63, 3.8) is 0 Å². The molecule has 0 aliphatic heterocycles. The van der Waals surface area contributed by atoms with Crippen molar-refractivity contribution >= 4 is 11.6 Å². The van der Waals surface area contributed by atoms with E-state index < -0.39 is 0 Å². The van der Waals surface area contributed by atoms with E-state index >= 15 is 0 Å². The number of hydrogen-bond donors (Lipinski definition) is 1. The number of amides is 1. The van der Waals surface area contributed by atoms with E-state index in [-0.39, 0.29) is 11.6 Å². The van der Waals surface area contributed by atoms with Gasteiger partial charge in [-0.3, -0.25) is 9.48 Å². The first-order valence-electron chi connectivity index (χ1n) is 10.5. The lowest BCUT2D eigenvalue weighted by atomic mass is 10.1. The summed E-state index contributed by atoms with van der Waals surface area (Å²) in [5.41, 5.74) is 5.54. The van der Waals surface area contributed by atoms with Crippen molar-refractivity contribution in [1.29, 1.82) is 0 Å². The molecule has 0 atom stereocenters. The quantitative estimate of drug-likeness (QED) is 0.439. The summed E-state index contributed by atoms with van der Waals surface area (Å²) < 4.78 is 17.9. The maximum absolute atomic E-state index is 12.9. The van der Waals surface area contributed by atoms with Crippen LogP contribution in [0.5, 0.6) is 11.5 Å². The molecule has 2 aromatic heterocycles. The SMILES string of the molecule is COc1ccc(-c2cc(C(=O)Nc3c(C)nn(Cc4ccccc4C)c3C)no2)cc1OC. The molecule has 33 heavy (non-hydrogen) atoms. The number of rotatable bonds is 7. The Bertz CT molecular complexity index is 1310. The molecule has 0 saturated heterocycles. The molecule has 8 nitrogen and oxygen atoms in total. The lowest BCUT2D eigenvalue weighted by Gasteiger charge is -2.08. The van der Waals surface area contributed by atoms with Crippen LogP contribution in [0.1, 0.15) is 33.0 Å². The zero-order valence-electron chi connectivity index (χ0n) is 19.3. The van der Waals surface area contributed by atoms with E-state index in [1.807, 2.05) is 36.7 Å². The fraction of sp³-hybridized carbons (Fsp3) is 0.240. The van der Waals surface area contributed by atoms with Crippen LogP contribution >= 0.6 is 0 Å². The molecule has 0 unspecified atom stereocenters. The van der Waals surface area contributed by atoms with E-state index in [1.54, 1.807) is 32.4 Å². The van der Waals surface area contributed by atoms with Crippen LogP contribution in [0.4, 0.5) is 5.69 Å². The zero-order chi connectivity index (χ0) is 23.5. The van der Waals surface area contributed by atoms with E-state index in [1.165, 1.54) is 11.1 Å². The highest BCUT2D eigenvalue weighted by Crippen LogP contribution is 2.32. The molecule has 0 bridgehead atoms. The number of carbonyl (C=O) groups excluding carboxylic acids is 1. The Labute approximate surface area is 192 Å². The van der Waals surface area contributed by atoms with Crippen LogP contribution in [0.15, 0.2) is 53.1 Å². The van der Waals surface area contributed by atoms with Crippen molar-refractivity contribution in [2.45, 2.75) is 27.3 Å². The average Bonchev–Trinajstić information content (AvgIpc) is 3.41. The van der Waals surface area contributed by atoms with Crippen LogP contribution in [0.2, 0.25) is 0 Å². The van der Waals surface area contributed by atoms with Crippen molar-refractivity contribution in [3.8, 4) is 22.8 Å². The van der Waals surface area contributed by atoms with Crippen LogP contribution in [0, 0.1) is 20.8 Å². The van der Waals surface area contributed by atoms with E-state index in [0.29, 0.717) is 29.5 Å². The van der Waals surface area contributed by atoms with Crippen molar-refractivity contribution in [2.75, 3.05) is 19.5 Å². The van der Waals surface area contributed by atoms with Crippen LogP contribution in [0.25, 0.3) is 11.3 Å².